The lowest BCUT2D eigenvalue weighted by atomic mass is 10.1. The van der Waals surface area contributed by atoms with E-state index in [0.29, 0.717) is 0 Å². The summed E-state index contributed by atoms with van der Waals surface area (Å²) in [4.78, 5) is 12.4. The summed E-state index contributed by atoms with van der Waals surface area (Å²) in [7, 11) is 0. The number of carbonyl (C=O) groups excluding carboxylic acids is 1. The minimum Gasteiger partial charge on any atom is -0.325 e. The molecule has 0 spiro atoms. The van der Waals surface area contributed by atoms with Crippen LogP contribution in [0.25, 0.3) is 21.5 Å². The molecule has 4 rings (SSSR count). The normalized spacial score (nSPS) is 11.3. The van der Waals surface area contributed by atoms with Crippen LogP contribution in [0.15, 0.2) is 59.1 Å². The number of benzene rings is 2. The molecule has 2 heterocycles. The van der Waals surface area contributed by atoms with Crippen LogP contribution in [-0.4, -0.2) is 26.4 Å². The Morgan fingerprint density at radius 1 is 1.14 bits per heavy atom. The molecule has 148 valence electrons. The van der Waals surface area contributed by atoms with Crippen molar-refractivity contribution in [2.24, 2.45) is 0 Å². The third-order valence-electron chi connectivity index (χ3n) is 4.65. The SMILES string of the molecule is Cc1ccccc1NC(=O)CSc1nnc(-c2csc3ccccc23)n1C(C)C. The van der Waals surface area contributed by atoms with Gasteiger partial charge in [-0.25, -0.2) is 0 Å². The number of anilines is 1. The third kappa shape index (κ3) is 4.06. The number of nitrogens with one attached hydrogen (secondary N) is 1. The first-order valence-electron chi connectivity index (χ1n) is 9.44. The molecule has 4 aromatic rings. The molecule has 1 N–H and O–H groups in total. The zero-order valence-electron chi connectivity index (χ0n) is 16.5. The van der Waals surface area contributed by atoms with Gasteiger partial charge in [0.2, 0.25) is 5.91 Å². The number of hydrogen-bond acceptors (Lipinski definition) is 5. The fraction of sp³-hybridized carbons (Fsp3) is 0.227. The fourth-order valence-corrected chi connectivity index (χ4v) is 5.01. The number of fused-ring (bicyclic) bond motifs is 1. The Labute approximate surface area is 178 Å². The summed E-state index contributed by atoms with van der Waals surface area (Å²) < 4.78 is 3.34. The van der Waals surface area contributed by atoms with Crippen LogP contribution >= 0.6 is 23.1 Å². The zero-order valence-corrected chi connectivity index (χ0v) is 18.2. The molecule has 0 aliphatic rings. The van der Waals surface area contributed by atoms with Crippen molar-refractivity contribution < 1.29 is 4.79 Å². The van der Waals surface area contributed by atoms with Gasteiger partial charge in [0, 0.05) is 32.8 Å². The van der Waals surface area contributed by atoms with Crippen molar-refractivity contribution in [1.29, 1.82) is 0 Å². The van der Waals surface area contributed by atoms with Crippen LogP contribution in [0.1, 0.15) is 25.5 Å². The second-order valence-electron chi connectivity index (χ2n) is 7.07. The lowest BCUT2D eigenvalue weighted by Gasteiger charge is -2.13. The molecule has 7 heteroatoms. The standard InChI is InChI=1S/C22H22N4OS2/c1-14(2)26-21(17-12-28-19-11-7-5-9-16(17)19)24-25-22(26)29-13-20(27)23-18-10-6-4-8-15(18)3/h4-12,14H,13H2,1-3H3,(H,23,27). The van der Waals surface area contributed by atoms with E-state index in [1.165, 1.54) is 21.8 Å². The third-order valence-corrected chi connectivity index (χ3v) is 6.56. The van der Waals surface area contributed by atoms with Crippen LogP contribution in [0.5, 0.6) is 0 Å². The summed E-state index contributed by atoms with van der Waals surface area (Å²) in [6.45, 7) is 6.20. The average Bonchev–Trinajstić information content (AvgIpc) is 3.32. The average molecular weight is 423 g/mol. The highest BCUT2D eigenvalue weighted by molar-refractivity contribution is 7.99. The van der Waals surface area contributed by atoms with Crippen molar-refractivity contribution in [2.75, 3.05) is 11.1 Å². The highest BCUT2D eigenvalue weighted by atomic mass is 32.2. The number of aromatic nitrogens is 3. The van der Waals surface area contributed by atoms with E-state index >= 15 is 0 Å². The van der Waals surface area contributed by atoms with Gasteiger partial charge in [0.05, 0.1) is 5.75 Å². The number of carbonyl (C=O) groups is 1. The Morgan fingerprint density at radius 3 is 2.69 bits per heavy atom. The van der Waals surface area contributed by atoms with E-state index in [1.807, 2.05) is 43.3 Å². The number of thioether (sulfide) groups is 1. The lowest BCUT2D eigenvalue weighted by Crippen LogP contribution is -2.15. The van der Waals surface area contributed by atoms with E-state index in [0.717, 1.165) is 27.8 Å². The molecule has 5 nitrogen and oxygen atoms in total. The van der Waals surface area contributed by atoms with Crippen LogP contribution in [0, 0.1) is 6.92 Å². The largest absolute Gasteiger partial charge is 0.325 e. The molecule has 1 amide bonds. The number of rotatable bonds is 6. The van der Waals surface area contributed by atoms with E-state index in [4.69, 9.17) is 0 Å². The van der Waals surface area contributed by atoms with Crippen LogP contribution in [0.4, 0.5) is 5.69 Å². The summed E-state index contributed by atoms with van der Waals surface area (Å²) >= 11 is 3.12. The van der Waals surface area contributed by atoms with E-state index in [9.17, 15) is 4.79 Å². The molecule has 0 saturated heterocycles. The monoisotopic (exact) mass is 422 g/mol. The predicted octanol–water partition coefficient (Wildman–Crippen LogP) is 5.78. The summed E-state index contributed by atoms with van der Waals surface area (Å²) in [6, 6.07) is 16.3. The molecule has 0 saturated carbocycles. The van der Waals surface area contributed by atoms with Crippen molar-refractivity contribution in [1.82, 2.24) is 14.8 Å². The van der Waals surface area contributed by atoms with Gasteiger partial charge in [0.1, 0.15) is 0 Å². The predicted molar refractivity (Wildman–Crippen MR) is 122 cm³/mol. The smallest absolute Gasteiger partial charge is 0.234 e. The first-order valence-corrected chi connectivity index (χ1v) is 11.3. The molecular formula is C22H22N4OS2. The van der Waals surface area contributed by atoms with E-state index < -0.39 is 0 Å². The molecule has 0 unspecified atom stereocenters. The van der Waals surface area contributed by atoms with Crippen LogP contribution in [0.2, 0.25) is 0 Å². The van der Waals surface area contributed by atoms with Gasteiger partial charge in [-0.05, 0) is 38.5 Å². The van der Waals surface area contributed by atoms with Gasteiger partial charge in [-0.1, -0.05) is 48.2 Å². The highest BCUT2D eigenvalue weighted by Crippen LogP contribution is 2.35. The molecule has 2 aromatic heterocycles. The number of nitrogens with zero attached hydrogens (tertiary/aromatic N) is 3. The quantitative estimate of drug-likeness (QED) is 0.400. The van der Waals surface area contributed by atoms with Crippen molar-refractivity contribution in [3.8, 4) is 11.4 Å². The topological polar surface area (TPSA) is 59.8 Å². The number of thiophene rings is 1. The summed E-state index contributed by atoms with van der Waals surface area (Å²) in [5.74, 6) is 1.08. The van der Waals surface area contributed by atoms with Crippen molar-refractivity contribution in [3.05, 3.63) is 59.5 Å². The van der Waals surface area contributed by atoms with Crippen LogP contribution < -0.4 is 5.32 Å². The molecular weight excluding hydrogens is 400 g/mol. The van der Waals surface area contributed by atoms with Gasteiger partial charge < -0.3 is 5.32 Å². The summed E-state index contributed by atoms with van der Waals surface area (Å²) in [6.07, 6.45) is 0. The minimum absolute atomic E-state index is 0.0508. The minimum atomic E-state index is -0.0508. The van der Waals surface area contributed by atoms with Crippen molar-refractivity contribution in [2.45, 2.75) is 32.0 Å². The number of amides is 1. The van der Waals surface area contributed by atoms with Crippen molar-refractivity contribution in [3.63, 3.8) is 0 Å². The maximum absolute atomic E-state index is 12.4. The van der Waals surface area contributed by atoms with E-state index in [-0.39, 0.29) is 17.7 Å². The number of hydrogen-bond donors (Lipinski definition) is 1. The molecule has 29 heavy (non-hydrogen) atoms. The Bertz CT molecular complexity index is 1160. The van der Waals surface area contributed by atoms with Crippen LogP contribution in [-0.2, 0) is 4.79 Å². The maximum atomic E-state index is 12.4. The van der Waals surface area contributed by atoms with Gasteiger partial charge in [0.25, 0.3) is 0 Å². The Morgan fingerprint density at radius 2 is 1.90 bits per heavy atom. The van der Waals surface area contributed by atoms with E-state index in [1.54, 1.807) is 11.3 Å². The van der Waals surface area contributed by atoms with Crippen LogP contribution in [0.3, 0.4) is 0 Å². The second kappa shape index (κ2) is 8.39. The highest BCUT2D eigenvalue weighted by Gasteiger charge is 2.20. The molecule has 2 aromatic carbocycles. The zero-order chi connectivity index (χ0) is 20.4. The summed E-state index contributed by atoms with van der Waals surface area (Å²) in [5, 5.41) is 15.9. The lowest BCUT2D eigenvalue weighted by molar-refractivity contribution is -0.113. The Kier molecular flexibility index (Phi) is 5.69. The molecule has 0 atom stereocenters. The van der Waals surface area contributed by atoms with E-state index in [2.05, 4.69) is 51.4 Å². The first kappa shape index (κ1) is 19.7. The summed E-state index contributed by atoms with van der Waals surface area (Å²) in [5.41, 5.74) is 2.97. The molecule has 0 fully saturated rings. The molecule has 0 aliphatic carbocycles. The fourth-order valence-electron chi connectivity index (χ4n) is 3.21. The number of para-hydroxylation sites is 1. The van der Waals surface area contributed by atoms with Crippen molar-refractivity contribution >= 4 is 44.8 Å². The Balaban J connectivity index is 1.56. The molecule has 0 radical (unpaired) electrons. The van der Waals surface area contributed by atoms with Gasteiger partial charge in [-0.3, -0.25) is 9.36 Å². The number of aryl methyl sites for hydroxylation is 1. The maximum Gasteiger partial charge on any atom is 0.234 e. The first-order chi connectivity index (χ1) is 14.0. The van der Waals surface area contributed by atoms with Gasteiger partial charge in [-0.15, -0.1) is 21.5 Å². The van der Waals surface area contributed by atoms with Gasteiger partial charge in [-0.2, -0.15) is 0 Å². The van der Waals surface area contributed by atoms with Gasteiger partial charge in [0.15, 0.2) is 11.0 Å². The Hall–Kier alpha value is -2.64. The second-order valence-corrected chi connectivity index (χ2v) is 8.92. The molecule has 0 aliphatic heterocycles. The van der Waals surface area contributed by atoms with Gasteiger partial charge >= 0.3 is 0 Å². The molecule has 0 bridgehead atoms.